The maximum atomic E-state index is 3.83. The number of benzene rings is 2. The van der Waals surface area contributed by atoms with Crippen LogP contribution in [0.4, 0.5) is 11.4 Å². The van der Waals surface area contributed by atoms with Gasteiger partial charge in [-0.05, 0) is 37.1 Å². The highest BCUT2D eigenvalue weighted by Crippen LogP contribution is 2.39. The summed E-state index contributed by atoms with van der Waals surface area (Å²) in [6.45, 7) is 18.5. The predicted octanol–water partition coefficient (Wildman–Crippen LogP) is 6.46. The number of nitrogens with one attached hydrogen (secondary N) is 2. The highest BCUT2D eigenvalue weighted by atomic mass is 28.3. The maximum absolute atomic E-state index is 3.83. The van der Waals surface area contributed by atoms with Crippen molar-refractivity contribution < 1.29 is 0 Å². The van der Waals surface area contributed by atoms with Crippen molar-refractivity contribution in [3.8, 4) is 11.1 Å². The second-order valence-electron chi connectivity index (χ2n) is 8.74. The van der Waals surface area contributed by atoms with Gasteiger partial charge in [-0.3, -0.25) is 0 Å². The Balaban J connectivity index is 2.68. The summed E-state index contributed by atoms with van der Waals surface area (Å²) in [6, 6.07) is 13.2. The molecule has 4 heteroatoms. The van der Waals surface area contributed by atoms with Crippen LogP contribution in [0.2, 0.25) is 39.3 Å². The second-order valence-corrected chi connectivity index (χ2v) is 18.2. The van der Waals surface area contributed by atoms with Crippen LogP contribution in [0, 0.1) is 13.8 Å². The lowest BCUT2D eigenvalue weighted by molar-refractivity contribution is 1.39. The van der Waals surface area contributed by atoms with Crippen LogP contribution in [-0.4, -0.2) is 16.5 Å². The molecule has 2 aromatic carbocycles. The Bertz CT molecular complexity index is 662. The molecule has 0 aromatic heterocycles. The second kappa shape index (κ2) is 6.77. The summed E-state index contributed by atoms with van der Waals surface area (Å²) in [5, 5.41) is 0. The lowest BCUT2D eigenvalue weighted by atomic mass is 9.94. The number of hydrogen-bond donors (Lipinski definition) is 2. The molecule has 0 aliphatic carbocycles. The molecule has 0 aliphatic rings. The van der Waals surface area contributed by atoms with Crippen molar-refractivity contribution in [2.45, 2.75) is 53.1 Å². The average Bonchev–Trinajstić information content (AvgIpc) is 2.37. The molecule has 0 radical (unpaired) electrons. The zero-order valence-electron chi connectivity index (χ0n) is 16.5. The summed E-state index contributed by atoms with van der Waals surface area (Å²) in [7, 11) is -2.86. The van der Waals surface area contributed by atoms with E-state index in [0.717, 1.165) is 0 Å². The fraction of sp³-hybridized carbons (Fsp3) is 0.400. The van der Waals surface area contributed by atoms with Crippen molar-refractivity contribution in [3.05, 3.63) is 47.5 Å². The predicted molar refractivity (Wildman–Crippen MR) is 115 cm³/mol. The average molecular weight is 357 g/mol. The Labute approximate surface area is 149 Å². The third kappa shape index (κ3) is 4.74. The first-order chi connectivity index (χ1) is 11.0. The summed E-state index contributed by atoms with van der Waals surface area (Å²) in [5.41, 5.74) is 7.87. The van der Waals surface area contributed by atoms with Gasteiger partial charge in [0, 0.05) is 22.5 Å². The summed E-state index contributed by atoms with van der Waals surface area (Å²) >= 11 is 0. The van der Waals surface area contributed by atoms with Gasteiger partial charge in [0.05, 0.1) is 0 Å². The minimum atomic E-state index is -1.43. The first kappa shape index (κ1) is 18.8. The molecule has 0 amide bonds. The van der Waals surface area contributed by atoms with Crippen molar-refractivity contribution in [1.29, 1.82) is 0 Å². The van der Waals surface area contributed by atoms with Crippen LogP contribution < -0.4 is 9.96 Å². The molecule has 2 nitrogen and oxygen atoms in total. The summed E-state index contributed by atoms with van der Waals surface area (Å²) in [4.78, 5) is 7.66. The lowest BCUT2D eigenvalue weighted by Crippen LogP contribution is -2.33. The van der Waals surface area contributed by atoms with Crippen LogP contribution in [0.25, 0.3) is 11.1 Å². The van der Waals surface area contributed by atoms with Crippen molar-refractivity contribution in [1.82, 2.24) is 0 Å². The Hall–Kier alpha value is -1.53. The van der Waals surface area contributed by atoms with Crippen LogP contribution in [0.3, 0.4) is 0 Å². The van der Waals surface area contributed by atoms with E-state index < -0.39 is 16.5 Å². The van der Waals surface area contributed by atoms with E-state index in [1.54, 1.807) is 0 Å². The Morgan fingerprint density at radius 1 is 0.583 bits per heavy atom. The van der Waals surface area contributed by atoms with Crippen molar-refractivity contribution >= 4 is 27.8 Å². The number of anilines is 2. The van der Waals surface area contributed by atoms with Gasteiger partial charge in [-0.25, -0.2) is 0 Å². The van der Waals surface area contributed by atoms with Gasteiger partial charge in [0.1, 0.15) is 16.5 Å². The molecule has 24 heavy (non-hydrogen) atoms. The normalized spacial score (nSPS) is 12.2. The summed E-state index contributed by atoms with van der Waals surface area (Å²) < 4.78 is 0. The zero-order valence-corrected chi connectivity index (χ0v) is 18.5. The largest absolute Gasteiger partial charge is 0.410 e. The summed E-state index contributed by atoms with van der Waals surface area (Å²) in [6.07, 6.45) is 0. The first-order valence-corrected chi connectivity index (χ1v) is 15.7. The van der Waals surface area contributed by atoms with Crippen LogP contribution in [-0.2, 0) is 0 Å². The van der Waals surface area contributed by atoms with E-state index in [1.807, 2.05) is 0 Å². The third-order valence-electron chi connectivity index (χ3n) is 3.81. The van der Waals surface area contributed by atoms with Crippen LogP contribution in [0.1, 0.15) is 11.1 Å². The molecule has 0 fully saturated rings. The van der Waals surface area contributed by atoms with Gasteiger partial charge in [-0.2, -0.15) is 0 Å². The maximum Gasteiger partial charge on any atom is 0.144 e. The topological polar surface area (TPSA) is 24.1 Å². The van der Waals surface area contributed by atoms with E-state index in [-0.39, 0.29) is 0 Å². The highest BCUT2D eigenvalue weighted by Gasteiger charge is 2.21. The van der Waals surface area contributed by atoms with E-state index in [9.17, 15) is 0 Å². The molecule has 0 heterocycles. The molecular weight excluding hydrogens is 324 g/mol. The van der Waals surface area contributed by atoms with E-state index >= 15 is 0 Å². The third-order valence-corrected chi connectivity index (χ3v) is 5.85. The van der Waals surface area contributed by atoms with Gasteiger partial charge in [0.15, 0.2) is 0 Å². The molecule has 0 bridgehead atoms. The molecule has 0 saturated carbocycles. The van der Waals surface area contributed by atoms with Crippen LogP contribution in [0.5, 0.6) is 0 Å². The number of rotatable bonds is 5. The molecule has 0 aliphatic heterocycles. The molecule has 0 atom stereocenters. The standard InChI is InChI=1S/C20H32N2Si2/c1-15-11-9-13-17(21-23(3,4)5)19(15)20-16(2)12-10-14-18(20)22-24(6,7)8/h9-14,21-22H,1-8H3. The Morgan fingerprint density at radius 3 is 1.21 bits per heavy atom. The van der Waals surface area contributed by atoms with Crippen LogP contribution >= 0.6 is 0 Å². The molecule has 0 unspecified atom stereocenters. The quantitative estimate of drug-likeness (QED) is 0.600. The lowest BCUT2D eigenvalue weighted by Gasteiger charge is -2.27. The van der Waals surface area contributed by atoms with Crippen molar-refractivity contribution in [2.75, 3.05) is 9.96 Å². The van der Waals surface area contributed by atoms with Gasteiger partial charge in [-0.1, -0.05) is 63.5 Å². The molecule has 0 spiro atoms. The van der Waals surface area contributed by atoms with E-state index in [4.69, 9.17) is 0 Å². The van der Waals surface area contributed by atoms with Gasteiger partial charge in [0.25, 0.3) is 0 Å². The molecular formula is C20H32N2Si2. The van der Waals surface area contributed by atoms with E-state index in [1.165, 1.54) is 33.6 Å². The van der Waals surface area contributed by atoms with Crippen LogP contribution in [0.15, 0.2) is 36.4 Å². The fourth-order valence-corrected chi connectivity index (χ4v) is 5.05. The van der Waals surface area contributed by atoms with E-state index in [0.29, 0.717) is 0 Å². The van der Waals surface area contributed by atoms with Crippen molar-refractivity contribution in [3.63, 3.8) is 0 Å². The number of aryl methyl sites for hydroxylation is 2. The first-order valence-electron chi connectivity index (χ1n) is 8.74. The minimum absolute atomic E-state index is 1.27. The fourth-order valence-electron chi connectivity index (χ4n) is 3.02. The smallest absolute Gasteiger partial charge is 0.144 e. The Kier molecular flexibility index (Phi) is 5.30. The van der Waals surface area contributed by atoms with Gasteiger partial charge >= 0.3 is 0 Å². The van der Waals surface area contributed by atoms with Gasteiger partial charge < -0.3 is 9.96 Å². The minimum Gasteiger partial charge on any atom is -0.410 e. The van der Waals surface area contributed by atoms with Gasteiger partial charge in [-0.15, -0.1) is 0 Å². The highest BCUT2D eigenvalue weighted by molar-refractivity contribution is 6.79. The van der Waals surface area contributed by atoms with Gasteiger partial charge in [0.2, 0.25) is 0 Å². The molecule has 2 rings (SSSR count). The Morgan fingerprint density at radius 2 is 0.917 bits per heavy atom. The molecule has 2 N–H and O–H groups in total. The van der Waals surface area contributed by atoms with Crippen molar-refractivity contribution in [2.24, 2.45) is 0 Å². The zero-order chi connectivity index (χ0) is 18.1. The summed E-state index contributed by atoms with van der Waals surface area (Å²) in [5.74, 6) is 0. The monoisotopic (exact) mass is 356 g/mol. The van der Waals surface area contributed by atoms with E-state index in [2.05, 4.69) is 99.5 Å². The molecule has 0 saturated heterocycles. The molecule has 2 aromatic rings. The molecule has 130 valence electrons. The SMILES string of the molecule is Cc1cccc(N[Si](C)(C)C)c1-c1c(C)cccc1N[Si](C)(C)C. The number of hydrogen-bond acceptors (Lipinski definition) is 2.